The van der Waals surface area contributed by atoms with E-state index in [0.29, 0.717) is 11.4 Å². The highest BCUT2D eigenvalue weighted by Gasteiger charge is 2.05. The minimum absolute atomic E-state index is 0.119. The van der Waals surface area contributed by atoms with Gasteiger partial charge in [-0.2, -0.15) is 0 Å². The summed E-state index contributed by atoms with van der Waals surface area (Å²) in [7, 11) is 0. The predicted molar refractivity (Wildman–Crippen MR) is 52.3 cm³/mol. The molecule has 4 N–H and O–H groups in total. The molecule has 0 aliphatic carbocycles. The molecule has 0 bridgehead atoms. The molecular weight excluding hydrogens is 187 g/mol. The van der Waals surface area contributed by atoms with Crippen LogP contribution in [0.2, 0.25) is 0 Å². The highest BCUT2D eigenvalue weighted by Crippen LogP contribution is 2.19. The maximum Gasteiger partial charge on any atom is 0.335 e. The number of carboxylic acids is 1. The van der Waals surface area contributed by atoms with Crippen molar-refractivity contribution in [2.45, 2.75) is 0 Å². The summed E-state index contributed by atoms with van der Waals surface area (Å²) in [5, 5.41) is 11.4. The molecule has 0 heterocycles. The molecule has 0 atom stereocenters. The van der Waals surface area contributed by atoms with Crippen molar-refractivity contribution >= 4 is 17.3 Å². The number of rotatable bonds is 4. The molecule has 0 aromatic heterocycles. The summed E-state index contributed by atoms with van der Waals surface area (Å²) in [6.07, 6.45) is 0. The molecule has 4 nitrogen and oxygen atoms in total. The van der Waals surface area contributed by atoms with E-state index < -0.39 is 12.6 Å². The summed E-state index contributed by atoms with van der Waals surface area (Å²) in [6, 6.07) is 4.27. The molecule has 14 heavy (non-hydrogen) atoms. The zero-order valence-electron chi connectivity index (χ0n) is 7.46. The molecular formula is C9H11FN2O2. The molecule has 1 aromatic carbocycles. The zero-order chi connectivity index (χ0) is 10.6. The third-order valence-corrected chi connectivity index (χ3v) is 1.71. The Kier molecular flexibility index (Phi) is 3.28. The van der Waals surface area contributed by atoms with Crippen molar-refractivity contribution in [3.8, 4) is 0 Å². The lowest BCUT2D eigenvalue weighted by Gasteiger charge is -2.07. The van der Waals surface area contributed by atoms with Crippen LogP contribution in [0.1, 0.15) is 10.4 Å². The number of nitrogens with one attached hydrogen (secondary N) is 1. The molecule has 0 saturated heterocycles. The van der Waals surface area contributed by atoms with Crippen molar-refractivity contribution in [1.82, 2.24) is 0 Å². The lowest BCUT2D eigenvalue weighted by atomic mass is 10.2. The second kappa shape index (κ2) is 4.45. The predicted octanol–water partition coefficient (Wildman–Crippen LogP) is 1.35. The lowest BCUT2D eigenvalue weighted by molar-refractivity contribution is 0.0697. The topological polar surface area (TPSA) is 75.4 Å². The Labute approximate surface area is 80.5 Å². The number of alkyl halides is 1. The molecule has 0 unspecified atom stereocenters. The van der Waals surface area contributed by atoms with Crippen molar-refractivity contribution < 1.29 is 14.3 Å². The molecule has 0 aliphatic rings. The van der Waals surface area contributed by atoms with Gasteiger partial charge < -0.3 is 16.2 Å². The van der Waals surface area contributed by atoms with Crippen molar-refractivity contribution in [3.63, 3.8) is 0 Å². The minimum atomic E-state index is -1.03. The van der Waals surface area contributed by atoms with Crippen LogP contribution < -0.4 is 11.1 Å². The number of carbonyl (C=O) groups is 1. The quantitative estimate of drug-likeness (QED) is 0.638. The highest BCUT2D eigenvalue weighted by molar-refractivity contribution is 5.90. The van der Waals surface area contributed by atoms with Crippen molar-refractivity contribution in [3.05, 3.63) is 23.8 Å². The number of hydrogen-bond acceptors (Lipinski definition) is 3. The number of nitrogens with two attached hydrogens (primary N) is 1. The van der Waals surface area contributed by atoms with Gasteiger partial charge in [0.15, 0.2) is 0 Å². The van der Waals surface area contributed by atoms with E-state index in [4.69, 9.17) is 10.8 Å². The van der Waals surface area contributed by atoms with Crippen molar-refractivity contribution in [1.29, 1.82) is 0 Å². The molecule has 76 valence electrons. The Morgan fingerprint density at radius 3 is 2.79 bits per heavy atom. The van der Waals surface area contributed by atoms with Gasteiger partial charge in [-0.1, -0.05) is 0 Å². The first-order valence-corrected chi connectivity index (χ1v) is 4.08. The van der Waals surface area contributed by atoms with Gasteiger partial charge in [0, 0.05) is 6.54 Å². The summed E-state index contributed by atoms with van der Waals surface area (Å²) in [5.74, 6) is -1.03. The molecule has 0 radical (unpaired) electrons. The fraction of sp³-hybridized carbons (Fsp3) is 0.222. The Bertz CT molecular complexity index is 342. The third kappa shape index (κ3) is 2.35. The molecule has 0 fully saturated rings. The second-order valence-electron chi connectivity index (χ2n) is 2.72. The van der Waals surface area contributed by atoms with Crippen LogP contribution in [-0.2, 0) is 0 Å². The smallest absolute Gasteiger partial charge is 0.335 e. The van der Waals surface area contributed by atoms with Crippen LogP contribution in [0.3, 0.4) is 0 Å². The number of hydrogen-bond donors (Lipinski definition) is 3. The van der Waals surface area contributed by atoms with E-state index in [0.717, 1.165) is 0 Å². The Morgan fingerprint density at radius 1 is 1.57 bits per heavy atom. The van der Waals surface area contributed by atoms with E-state index in [1.54, 1.807) is 0 Å². The molecule has 0 saturated carbocycles. The Balaban J connectivity index is 2.84. The summed E-state index contributed by atoms with van der Waals surface area (Å²) >= 11 is 0. The van der Waals surface area contributed by atoms with E-state index in [2.05, 4.69) is 5.32 Å². The van der Waals surface area contributed by atoms with Crippen molar-refractivity contribution in [2.75, 3.05) is 24.3 Å². The van der Waals surface area contributed by atoms with Gasteiger partial charge >= 0.3 is 5.97 Å². The number of halogens is 1. The van der Waals surface area contributed by atoms with Gasteiger partial charge in [-0.3, -0.25) is 0 Å². The second-order valence-corrected chi connectivity index (χ2v) is 2.72. The molecule has 0 spiro atoms. The van der Waals surface area contributed by atoms with Crippen LogP contribution in [0.4, 0.5) is 15.8 Å². The van der Waals surface area contributed by atoms with Crippen LogP contribution in [0, 0.1) is 0 Å². The summed E-state index contributed by atoms with van der Waals surface area (Å²) in [4.78, 5) is 10.5. The Hall–Kier alpha value is -1.78. The SMILES string of the molecule is Nc1cc(C(=O)O)ccc1NCCF. The molecule has 0 amide bonds. The largest absolute Gasteiger partial charge is 0.478 e. The first kappa shape index (κ1) is 10.3. The first-order chi connectivity index (χ1) is 6.65. The number of benzene rings is 1. The van der Waals surface area contributed by atoms with E-state index in [9.17, 15) is 9.18 Å². The van der Waals surface area contributed by atoms with E-state index in [1.165, 1.54) is 18.2 Å². The number of nitrogen functional groups attached to an aromatic ring is 1. The maximum absolute atomic E-state index is 11.8. The van der Waals surface area contributed by atoms with Crippen molar-refractivity contribution in [2.24, 2.45) is 0 Å². The molecule has 5 heteroatoms. The minimum Gasteiger partial charge on any atom is -0.478 e. The fourth-order valence-electron chi connectivity index (χ4n) is 1.04. The summed E-state index contributed by atoms with van der Waals surface area (Å²) in [5.41, 5.74) is 6.52. The van der Waals surface area contributed by atoms with Gasteiger partial charge in [0.2, 0.25) is 0 Å². The molecule has 1 aromatic rings. The van der Waals surface area contributed by atoms with Crippen LogP contribution in [0.5, 0.6) is 0 Å². The van der Waals surface area contributed by atoms with Crippen LogP contribution >= 0.6 is 0 Å². The van der Waals surface area contributed by atoms with Crippen LogP contribution in [0.25, 0.3) is 0 Å². The van der Waals surface area contributed by atoms with E-state index in [1.807, 2.05) is 0 Å². The van der Waals surface area contributed by atoms with Gasteiger partial charge in [0.25, 0.3) is 0 Å². The first-order valence-electron chi connectivity index (χ1n) is 4.08. The van der Waals surface area contributed by atoms with Gasteiger partial charge in [-0.15, -0.1) is 0 Å². The lowest BCUT2D eigenvalue weighted by Crippen LogP contribution is -2.06. The normalized spacial score (nSPS) is 9.79. The van der Waals surface area contributed by atoms with Gasteiger partial charge in [0.05, 0.1) is 16.9 Å². The van der Waals surface area contributed by atoms with E-state index in [-0.39, 0.29) is 12.1 Å². The molecule has 0 aliphatic heterocycles. The highest BCUT2D eigenvalue weighted by atomic mass is 19.1. The standard InChI is InChI=1S/C9H11FN2O2/c10-3-4-12-8-2-1-6(9(13)14)5-7(8)11/h1-2,5,12H,3-4,11H2,(H,13,14). The monoisotopic (exact) mass is 198 g/mol. The fourth-order valence-corrected chi connectivity index (χ4v) is 1.04. The number of anilines is 2. The zero-order valence-corrected chi connectivity index (χ0v) is 7.46. The number of aromatic carboxylic acids is 1. The summed E-state index contributed by atoms with van der Waals surface area (Å²) in [6.45, 7) is -0.337. The third-order valence-electron chi connectivity index (χ3n) is 1.71. The van der Waals surface area contributed by atoms with Gasteiger partial charge in [-0.25, -0.2) is 9.18 Å². The average molecular weight is 198 g/mol. The van der Waals surface area contributed by atoms with Crippen LogP contribution in [-0.4, -0.2) is 24.3 Å². The van der Waals surface area contributed by atoms with Gasteiger partial charge in [0.1, 0.15) is 6.67 Å². The van der Waals surface area contributed by atoms with Gasteiger partial charge in [-0.05, 0) is 18.2 Å². The number of carboxylic acid groups (broad SMARTS) is 1. The maximum atomic E-state index is 11.8. The van der Waals surface area contributed by atoms with Crippen LogP contribution in [0.15, 0.2) is 18.2 Å². The Morgan fingerprint density at radius 2 is 2.29 bits per heavy atom. The average Bonchev–Trinajstić information content (AvgIpc) is 2.15. The summed E-state index contributed by atoms with van der Waals surface area (Å²) < 4.78 is 11.8. The van der Waals surface area contributed by atoms with E-state index >= 15 is 0 Å². The molecule has 1 rings (SSSR count).